The molecule has 0 spiro atoms. The Hall–Kier alpha value is -3.79. The number of carbonyl (C=O) groups excluding carboxylic acids is 2. The molecule has 3 N–H and O–H groups in total. The van der Waals surface area contributed by atoms with E-state index in [1.165, 1.54) is 0 Å². The fraction of sp³-hybridized carbons (Fsp3) is 0.346. The van der Waals surface area contributed by atoms with Gasteiger partial charge in [0.2, 0.25) is 0 Å². The van der Waals surface area contributed by atoms with Gasteiger partial charge in [-0.25, -0.2) is 4.79 Å². The van der Waals surface area contributed by atoms with Gasteiger partial charge in [-0.05, 0) is 41.0 Å². The summed E-state index contributed by atoms with van der Waals surface area (Å²) in [5.74, 6) is 3.48. The molecule has 2 aromatic rings. The van der Waals surface area contributed by atoms with Crippen molar-refractivity contribution in [2.24, 2.45) is 5.41 Å². The monoisotopic (exact) mass is 446 g/mol. The molecule has 0 aliphatic heterocycles. The van der Waals surface area contributed by atoms with E-state index in [2.05, 4.69) is 34.6 Å². The highest BCUT2D eigenvalue weighted by molar-refractivity contribution is 5.94. The van der Waals surface area contributed by atoms with Crippen LogP contribution in [0.2, 0.25) is 0 Å². The number of ether oxygens (including phenoxy) is 1. The molecular formula is C26H26N2O5. The van der Waals surface area contributed by atoms with Gasteiger partial charge >= 0.3 is 12.1 Å². The Labute approximate surface area is 192 Å². The number of nitrogens with one attached hydrogen (secondary N) is 2. The van der Waals surface area contributed by atoms with Crippen LogP contribution in [-0.4, -0.2) is 42.8 Å². The van der Waals surface area contributed by atoms with E-state index in [1.807, 2.05) is 36.4 Å². The zero-order valence-electron chi connectivity index (χ0n) is 18.2. The molecule has 7 heteroatoms. The Bertz CT molecular complexity index is 1080. The molecule has 0 saturated heterocycles. The number of hydrogen-bond donors (Lipinski definition) is 3. The molecule has 0 heterocycles. The van der Waals surface area contributed by atoms with Crippen LogP contribution in [0.5, 0.6) is 0 Å². The van der Waals surface area contributed by atoms with Gasteiger partial charge in [0.25, 0.3) is 5.91 Å². The normalized spacial score (nSPS) is 15.5. The highest BCUT2D eigenvalue weighted by Crippen LogP contribution is 2.44. The molecule has 1 saturated carbocycles. The number of amides is 2. The SMILES string of the molecule is O=C(C#CCNC(=O)OCC1c2ccccc2-c2ccccc21)NCC1(C(=O)O)CCCC1. The molecular weight excluding hydrogens is 420 g/mol. The molecule has 7 nitrogen and oxygen atoms in total. The number of carbonyl (C=O) groups is 3. The lowest BCUT2D eigenvalue weighted by atomic mass is 9.86. The van der Waals surface area contributed by atoms with Crippen LogP contribution >= 0.6 is 0 Å². The molecule has 2 aliphatic rings. The van der Waals surface area contributed by atoms with Gasteiger partial charge in [-0.15, -0.1) is 0 Å². The fourth-order valence-corrected chi connectivity index (χ4v) is 4.70. The molecule has 2 aromatic carbocycles. The standard InChI is InChI=1S/C26H26N2O5/c29-23(28-17-26(24(30)31)13-5-6-14-26)12-7-15-27-25(32)33-16-22-20-10-3-1-8-18(20)19-9-2-4-11-21(19)22/h1-4,8-11,22H,5-6,13-17H2,(H,27,32)(H,28,29)(H,30,31). The van der Waals surface area contributed by atoms with Crippen molar-refractivity contribution in [2.75, 3.05) is 19.7 Å². The van der Waals surface area contributed by atoms with Gasteiger partial charge in [-0.3, -0.25) is 9.59 Å². The minimum atomic E-state index is -0.892. The van der Waals surface area contributed by atoms with Crippen LogP contribution in [0.3, 0.4) is 0 Å². The quantitative estimate of drug-likeness (QED) is 0.591. The first-order chi connectivity index (χ1) is 16.0. The van der Waals surface area contributed by atoms with Crippen LogP contribution in [0, 0.1) is 17.3 Å². The Balaban J connectivity index is 1.24. The van der Waals surface area contributed by atoms with E-state index in [0.717, 1.165) is 35.1 Å². The van der Waals surface area contributed by atoms with Crippen molar-refractivity contribution in [1.82, 2.24) is 10.6 Å². The van der Waals surface area contributed by atoms with Crippen molar-refractivity contribution in [2.45, 2.75) is 31.6 Å². The average molecular weight is 447 g/mol. The molecule has 170 valence electrons. The Morgan fingerprint density at radius 1 is 0.970 bits per heavy atom. The zero-order chi connectivity index (χ0) is 23.3. The second-order valence-electron chi connectivity index (χ2n) is 8.46. The largest absolute Gasteiger partial charge is 0.481 e. The number of aliphatic carboxylic acids is 1. The number of carboxylic acid groups (broad SMARTS) is 1. The third kappa shape index (κ3) is 4.85. The number of carboxylic acids is 1. The third-order valence-electron chi connectivity index (χ3n) is 6.47. The van der Waals surface area contributed by atoms with Crippen LogP contribution in [0.4, 0.5) is 4.79 Å². The van der Waals surface area contributed by atoms with Crippen LogP contribution in [-0.2, 0) is 14.3 Å². The Morgan fingerprint density at radius 2 is 1.58 bits per heavy atom. The van der Waals surface area contributed by atoms with Crippen LogP contribution in [0.15, 0.2) is 48.5 Å². The van der Waals surface area contributed by atoms with Crippen LogP contribution in [0.25, 0.3) is 11.1 Å². The molecule has 0 aromatic heterocycles. The summed E-state index contributed by atoms with van der Waals surface area (Å²) in [6.45, 7) is 0.217. The highest BCUT2D eigenvalue weighted by atomic mass is 16.5. The summed E-state index contributed by atoms with van der Waals surface area (Å²) in [6, 6.07) is 16.2. The molecule has 0 radical (unpaired) electrons. The summed E-state index contributed by atoms with van der Waals surface area (Å²) in [7, 11) is 0. The van der Waals surface area contributed by atoms with Crippen molar-refractivity contribution in [3.05, 3.63) is 59.7 Å². The topological polar surface area (TPSA) is 105 Å². The number of rotatable bonds is 6. The second kappa shape index (κ2) is 9.78. The van der Waals surface area contributed by atoms with E-state index in [-0.39, 0.29) is 25.6 Å². The molecule has 33 heavy (non-hydrogen) atoms. The predicted octanol–water partition coefficient (Wildman–Crippen LogP) is 3.29. The Kier molecular flexibility index (Phi) is 6.64. The summed E-state index contributed by atoms with van der Waals surface area (Å²) in [6.07, 6.45) is 2.19. The van der Waals surface area contributed by atoms with Gasteiger partial charge in [0.05, 0.1) is 12.0 Å². The van der Waals surface area contributed by atoms with Crippen molar-refractivity contribution in [1.29, 1.82) is 0 Å². The smallest absolute Gasteiger partial charge is 0.407 e. The van der Waals surface area contributed by atoms with Crippen molar-refractivity contribution >= 4 is 18.0 Å². The van der Waals surface area contributed by atoms with Crippen molar-refractivity contribution in [3.8, 4) is 23.0 Å². The van der Waals surface area contributed by atoms with Gasteiger partial charge in [0, 0.05) is 12.5 Å². The van der Waals surface area contributed by atoms with E-state index >= 15 is 0 Å². The summed E-state index contributed by atoms with van der Waals surface area (Å²) in [5, 5.41) is 14.5. The molecule has 0 atom stereocenters. The van der Waals surface area contributed by atoms with E-state index in [1.54, 1.807) is 0 Å². The van der Waals surface area contributed by atoms with E-state index in [4.69, 9.17) is 4.74 Å². The number of alkyl carbamates (subject to hydrolysis) is 1. The van der Waals surface area contributed by atoms with Crippen molar-refractivity contribution in [3.63, 3.8) is 0 Å². The van der Waals surface area contributed by atoms with Gasteiger partial charge in [-0.1, -0.05) is 67.3 Å². The molecule has 4 rings (SSSR count). The minimum Gasteiger partial charge on any atom is -0.481 e. The van der Waals surface area contributed by atoms with Crippen LogP contribution in [0.1, 0.15) is 42.7 Å². The molecule has 2 aliphatic carbocycles. The Morgan fingerprint density at radius 3 is 2.18 bits per heavy atom. The minimum absolute atomic E-state index is 0.0304. The summed E-state index contributed by atoms with van der Waals surface area (Å²) < 4.78 is 5.42. The lowest BCUT2D eigenvalue weighted by molar-refractivity contribution is -0.148. The number of benzene rings is 2. The number of hydrogen-bond acceptors (Lipinski definition) is 4. The van der Waals surface area contributed by atoms with E-state index < -0.39 is 23.4 Å². The maximum Gasteiger partial charge on any atom is 0.407 e. The molecule has 2 amide bonds. The maximum absolute atomic E-state index is 12.1. The summed E-state index contributed by atoms with van der Waals surface area (Å²) in [4.78, 5) is 35.6. The summed E-state index contributed by atoms with van der Waals surface area (Å²) >= 11 is 0. The fourth-order valence-electron chi connectivity index (χ4n) is 4.70. The van der Waals surface area contributed by atoms with E-state index in [9.17, 15) is 19.5 Å². The highest BCUT2D eigenvalue weighted by Gasteiger charge is 2.41. The molecule has 0 unspecified atom stereocenters. The average Bonchev–Trinajstić information content (AvgIpc) is 3.43. The van der Waals surface area contributed by atoms with Crippen LogP contribution < -0.4 is 10.6 Å². The first-order valence-electron chi connectivity index (χ1n) is 11.1. The van der Waals surface area contributed by atoms with E-state index in [0.29, 0.717) is 12.8 Å². The van der Waals surface area contributed by atoms with Crippen molar-refractivity contribution < 1.29 is 24.2 Å². The first-order valence-corrected chi connectivity index (χ1v) is 11.1. The predicted molar refractivity (Wildman–Crippen MR) is 122 cm³/mol. The van der Waals surface area contributed by atoms with Gasteiger partial charge in [-0.2, -0.15) is 0 Å². The lowest BCUT2D eigenvalue weighted by Gasteiger charge is -2.23. The summed E-state index contributed by atoms with van der Waals surface area (Å²) in [5.41, 5.74) is 3.67. The van der Waals surface area contributed by atoms with Gasteiger partial charge in [0.15, 0.2) is 0 Å². The lowest BCUT2D eigenvalue weighted by Crippen LogP contribution is -2.40. The second-order valence-corrected chi connectivity index (χ2v) is 8.46. The van der Waals surface area contributed by atoms with Gasteiger partial charge < -0.3 is 20.5 Å². The molecule has 1 fully saturated rings. The van der Waals surface area contributed by atoms with Gasteiger partial charge in [0.1, 0.15) is 6.61 Å². The first kappa shape index (κ1) is 22.4. The zero-order valence-corrected chi connectivity index (χ0v) is 18.2. The number of fused-ring (bicyclic) bond motifs is 3. The third-order valence-corrected chi connectivity index (χ3v) is 6.47. The maximum atomic E-state index is 12.1. The molecule has 0 bridgehead atoms.